The number of likely N-dealkylation sites (tertiary alicyclic amines) is 1. The van der Waals surface area contributed by atoms with Gasteiger partial charge in [-0.3, -0.25) is 9.78 Å². The Labute approximate surface area is 241 Å². The fourth-order valence-corrected chi connectivity index (χ4v) is 4.37. The highest BCUT2D eigenvalue weighted by Gasteiger charge is 2.70. The number of aromatic nitrogens is 1. The molecule has 38 heavy (non-hydrogen) atoms. The van der Waals surface area contributed by atoms with Crippen molar-refractivity contribution in [1.29, 1.82) is 0 Å². The van der Waals surface area contributed by atoms with E-state index in [0.29, 0.717) is 16.2 Å². The zero-order chi connectivity index (χ0) is 29.1. The number of pyridine rings is 1. The summed E-state index contributed by atoms with van der Waals surface area (Å²) in [5.41, 5.74) is -2.73. The molecule has 3 rings (SSSR count). The van der Waals surface area contributed by atoms with Gasteiger partial charge in [0.1, 0.15) is 11.5 Å². The van der Waals surface area contributed by atoms with E-state index in [9.17, 15) is 9.18 Å². The Morgan fingerprint density at radius 2 is 1.53 bits per heavy atom. The molecule has 1 aromatic heterocycles. The first-order valence-corrected chi connectivity index (χ1v) is 11.3. The number of rotatable bonds is 6. The van der Waals surface area contributed by atoms with Crippen molar-refractivity contribution in [2.75, 3.05) is 6.54 Å². The summed E-state index contributed by atoms with van der Waals surface area (Å²) in [5.74, 6) is -1.98. The summed E-state index contributed by atoms with van der Waals surface area (Å²) >= 11 is 5.77. The van der Waals surface area contributed by atoms with Gasteiger partial charge in [-0.05, 0) is 40.5 Å². The van der Waals surface area contributed by atoms with Gasteiger partial charge in [0.2, 0.25) is 0 Å². The van der Waals surface area contributed by atoms with E-state index in [1.165, 1.54) is 18.3 Å². The highest BCUT2D eigenvalue weighted by molar-refractivity contribution is 6.62. The number of alkyl halides is 1. The van der Waals surface area contributed by atoms with Gasteiger partial charge >= 0.3 is 0 Å². The van der Waals surface area contributed by atoms with E-state index in [2.05, 4.69) is 10.3 Å². The lowest BCUT2D eigenvalue weighted by molar-refractivity contribution is -0.0187. The first-order chi connectivity index (χ1) is 17.1. The molecule has 0 aliphatic carbocycles. The quantitative estimate of drug-likeness (QED) is 0.482. The van der Waals surface area contributed by atoms with E-state index in [4.69, 9.17) is 97.9 Å². The molecule has 18 heteroatoms. The second-order valence-electron chi connectivity index (χ2n) is 9.53. The van der Waals surface area contributed by atoms with Crippen molar-refractivity contribution in [3.05, 3.63) is 64.2 Å². The highest BCUT2D eigenvalue weighted by atomic mass is 35.5. The van der Waals surface area contributed by atoms with Crippen molar-refractivity contribution in [2.45, 2.75) is 38.4 Å². The van der Waals surface area contributed by atoms with Crippen LogP contribution in [-0.4, -0.2) is 125 Å². The maximum absolute atomic E-state index is 16.8. The van der Waals surface area contributed by atoms with E-state index < -0.39 is 55.2 Å². The van der Waals surface area contributed by atoms with Crippen molar-refractivity contribution in [1.82, 2.24) is 15.2 Å². The summed E-state index contributed by atoms with van der Waals surface area (Å²) in [4.78, 5) is 17.9. The number of hydrogen-bond acceptors (Lipinski definition) is 3. The number of carbonyl (C=O) groups excluding carboxylic acids is 1. The van der Waals surface area contributed by atoms with Crippen LogP contribution < -0.4 is 5.32 Å². The summed E-state index contributed by atoms with van der Waals surface area (Å²) < 4.78 is 30.5. The summed E-state index contributed by atoms with van der Waals surface area (Å²) in [7, 11) is 66.0. The highest BCUT2D eigenvalue weighted by Crippen LogP contribution is 2.64. The van der Waals surface area contributed by atoms with Gasteiger partial charge in [0.05, 0.1) is 97.0 Å². The average molecular weight is 502 g/mol. The lowest BCUT2D eigenvalue weighted by Gasteiger charge is -2.75. The van der Waals surface area contributed by atoms with Crippen LogP contribution in [0.3, 0.4) is 0 Å². The van der Waals surface area contributed by atoms with Gasteiger partial charge in [-0.1, -0.05) is 28.1 Å². The molecule has 0 atom stereocenters. The molecule has 1 fully saturated rings. The first-order valence-electron chi connectivity index (χ1n) is 11.0. The second-order valence-corrected chi connectivity index (χ2v) is 9.94. The topological polar surface area (TPSA) is 45.2 Å². The SMILES string of the molecule is [B]C([B])([B])c1ccc(CNCC2(F)C([B])([B])C([B])([B])N(C(=O)c3ccc(F)c(Cl)c3)C([B])([B])C2([B])[B])nc1. The Morgan fingerprint density at radius 3 is 1.97 bits per heavy atom. The number of piperidine rings is 1. The molecule has 2 heterocycles. The molecule has 1 saturated heterocycles. The van der Waals surface area contributed by atoms with E-state index in [-0.39, 0.29) is 12.1 Å². The normalized spacial score (nSPS) is 21.0. The number of carbonyl (C=O) groups is 1. The van der Waals surface area contributed by atoms with Crippen molar-refractivity contribution < 1.29 is 13.6 Å². The van der Waals surface area contributed by atoms with E-state index in [0.717, 1.165) is 18.2 Å². The van der Waals surface area contributed by atoms with Gasteiger partial charge < -0.3 is 10.2 Å². The number of nitrogens with zero attached hydrogens (tertiary/aromatic N) is 2. The maximum Gasteiger partial charge on any atom is 0.252 e. The molecule has 2 aromatic rings. The predicted molar refractivity (Wildman–Crippen MR) is 153 cm³/mol. The van der Waals surface area contributed by atoms with Crippen LogP contribution in [0.1, 0.15) is 21.6 Å². The van der Waals surface area contributed by atoms with E-state index in [1.54, 1.807) is 0 Å². The number of benzene rings is 1. The minimum atomic E-state index is -3.16. The third-order valence-electron chi connectivity index (χ3n) is 6.75. The Balaban J connectivity index is 1.96. The van der Waals surface area contributed by atoms with Crippen LogP contribution in [0.15, 0.2) is 36.5 Å². The van der Waals surface area contributed by atoms with Crippen LogP contribution in [0.2, 0.25) is 15.5 Å². The average Bonchev–Trinajstić information content (AvgIpc) is 2.79. The predicted octanol–water partition coefficient (Wildman–Crippen LogP) is -1.67. The molecule has 0 unspecified atom stereocenters. The Hall–Kier alpha value is -1.34. The molecule has 0 saturated carbocycles. The standard InChI is InChI=1S/C20H11B11ClF2N3O/c21-16(22,23)10-2-3-11(36-6-10)7-35-8-15(34)17(24,25)19(28,29)37(20(30,31)18(15,26)27)14(38)9-1-4-13(33)12(32)5-9/h1-6,35H,7-8H2. The molecule has 166 valence electrons. The zero-order valence-corrected chi connectivity index (χ0v) is 20.9. The monoisotopic (exact) mass is 503 g/mol. The summed E-state index contributed by atoms with van der Waals surface area (Å²) in [6, 6.07) is 5.89. The third-order valence-corrected chi connectivity index (χ3v) is 7.04. The van der Waals surface area contributed by atoms with E-state index in [1.807, 2.05) is 0 Å². The maximum atomic E-state index is 16.8. The summed E-state index contributed by atoms with van der Waals surface area (Å²) in [6.07, 6.45) is 1.33. The van der Waals surface area contributed by atoms with Crippen LogP contribution in [0.25, 0.3) is 0 Å². The Bertz CT molecular complexity index is 1200. The van der Waals surface area contributed by atoms with Gasteiger partial charge in [-0.25, -0.2) is 8.78 Å². The second kappa shape index (κ2) is 9.94. The molecule has 22 radical (unpaired) electrons. The molecular formula is C20H11B11ClF2N3O. The van der Waals surface area contributed by atoms with Crippen LogP contribution >= 0.6 is 11.6 Å². The van der Waals surface area contributed by atoms with Crippen LogP contribution in [0, 0.1) is 5.82 Å². The molecule has 1 aromatic carbocycles. The van der Waals surface area contributed by atoms with Gasteiger partial charge in [0.15, 0.2) is 0 Å². The minimum Gasteiger partial charge on any atom is -0.363 e. The smallest absolute Gasteiger partial charge is 0.252 e. The van der Waals surface area contributed by atoms with Gasteiger partial charge in [-0.15, -0.1) is 5.11 Å². The van der Waals surface area contributed by atoms with Crippen molar-refractivity contribution in [3.8, 4) is 0 Å². The van der Waals surface area contributed by atoms with Gasteiger partial charge in [0.25, 0.3) is 5.91 Å². The number of amides is 1. The molecule has 1 amide bonds. The third kappa shape index (κ3) is 4.78. The van der Waals surface area contributed by atoms with Crippen LogP contribution in [0.4, 0.5) is 8.78 Å². The lowest BCUT2D eigenvalue weighted by Crippen LogP contribution is -2.85. The Morgan fingerprint density at radius 1 is 0.974 bits per heavy atom. The number of halogens is 3. The fraction of sp³-hybridized carbons (Fsp3) is 0.400. The molecule has 4 nitrogen and oxygen atoms in total. The van der Waals surface area contributed by atoms with Gasteiger partial charge in [0, 0.05) is 24.8 Å². The number of hydrogen-bond donors (Lipinski definition) is 1. The van der Waals surface area contributed by atoms with Crippen LogP contribution in [-0.2, 0) is 11.7 Å². The fourth-order valence-electron chi connectivity index (χ4n) is 4.19. The van der Waals surface area contributed by atoms with E-state index >= 15 is 4.39 Å². The molecule has 1 aliphatic rings. The van der Waals surface area contributed by atoms with Crippen molar-refractivity contribution in [3.63, 3.8) is 0 Å². The van der Waals surface area contributed by atoms with Crippen molar-refractivity contribution in [2.24, 2.45) is 0 Å². The molecule has 1 aliphatic heterocycles. The largest absolute Gasteiger partial charge is 0.363 e. The molecule has 0 spiro atoms. The zero-order valence-electron chi connectivity index (χ0n) is 20.2. The number of nitrogens with one attached hydrogen (secondary N) is 1. The summed E-state index contributed by atoms with van der Waals surface area (Å²) in [5, 5.41) is -10.7. The van der Waals surface area contributed by atoms with Gasteiger partial charge in [-0.2, -0.15) is 0 Å². The molecule has 1 N–H and O–H groups in total. The van der Waals surface area contributed by atoms with Crippen LogP contribution in [0.5, 0.6) is 0 Å². The minimum absolute atomic E-state index is 0.0775. The first kappa shape index (κ1) is 31.2. The molecule has 0 bridgehead atoms. The lowest BCUT2D eigenvalue weighted by atomic mass is 9.15. The van der Waals surface area contributed by atoms with Crippen molar-refractivity contribution >= 4 is 104 Å². The summed E-state index contributed by atoms with van der Waals surface area (Å²) in [6.45, 7) is -0.881. The molecular weight excluding hydrogens is 491 g/mol. The Kier molecular flexibility index (Phi) is 8.16.